The summed E-state index contributed by atoms with van der Waals surface area (Å²) in [7, 11) is 0. The van der Waals surface area contributed by atoms with E-state index in [1.54, 1.807) is 35.2 Å². The molecule has 0 N–H and O–H groups in total. The van der Waals surface area contributed by atoms with Crippen LogP contribution in [0.1, 0.15) is 27.8 Å². The molecule has 0 aliphatic heterocycles. The van der Waals surface area contributed by atoms with Crippen LogP contribution in [0.15, 0.2) is 109 Å². The van der Waals surface area contributed by atoms with E-state index in [9.17, 15) is 31.6 Å². The third-order valence-corrected chi connectivity index (χ3v) is 9.16. The van der Waals surface area contributed by atoms with Crippen LogP contribution in [0.5, 0.6) is 0 Å². The molecule has 0 radical (unpaired) electrons. The van der Waals surface area contributed by atoms with Gasteiger partial charge in [-0.2, -0.15) is 31.6 Å². The summed E-state index contributed by atoms with van der Waals surface area (Å²) in [4.78, 5) is 4.63. The van der Waals surface area contributed by atoms with Gasteiger partial charge in [0.1, 0.15) is 0 Å². The number of rotatable bonds is 3. The maximum absolute atomic E-state index is 14.0. The minimum atomic E-state index is -4.72. The number of hydrogen-bond acceptors (Lipinski definition) is 2. The molecule has 8 aromatic rings. The summed E-state index contributed by atoms with van der Waals surface area (Å²) < 4.78 is 87.5. The second-order valence-corrected chi connectivity index (χ2v) is 12.4. The number of alkyl halides is 6. The Morgan fingerprint density at radius 3 is 1.44 bits per heavy atom. The topological polar surface area (TPSA) is 46.5 Å². The summed E-state index contributed by atoms with van der Waals surface area (Å²) in [6, 6.07) is 27.5. The van der Waals surface area contributed by atoms with Gasteiger partial charge in [-0.25, -0.2) is 0 Å². The molecule has 8 rings (SSSR count). The highest BCUT2D eigenvalue weighted by Crippen LogP contribution is 2.44. The quantitative estimate of drug-likeness (QED) is 0.175. The van der Waals surface area contributed by atoms with Gasteiger partial charge in [0.05, 0.1) is 68.6 Å². The van der Waals surface area contributed by atoms with Crippen LogP contribution in [0.3, 0.4) is 0 Å². The first-order valence-corrected chi connectivity index (χ1v) is 15.6. The maximum Gasteiger partial charge on any atom is 0.416 e. The molecule has 0 amide bonds. The van der Waals surface area contributed by atoms with Crippen LogP contribution in [0, 0.1) is 25.2 Å². The standard InChI is InChI=1S/C40H24F6N4/c1-22-6-10-32-28(14-22)29-15-23(2)7-11-33(29)49(32)36-20-48-21-37(38(36)25-5-3-4-24(16-25)19-47)50-34-12-8-26(39(41,42)43)17-30(34)31-18-27(40(44,45)46)9-13-35(31)50/h3-18,20-21H,1-2H3. The van der Waals surface area contributed by atoms with Crippen molar-refractivity contribution in [3.63, 3.8) is 0 Å². The second kappa shape index (κ2) is 11.0. The summed E-state index contributed by atoms with van der Waals surface area (Å²) in [6.45, 7) is 4.02. The molecule has 0 fully saturated rings. The largest absolute Gasteiger partial charge is 0.416 e. The zero-order valence-electron chi connectivity index (χ0n) is 26.4. The van der Waals surface area contributed by atoms with E-state index in [-0.39, 0.29) is 21.8 Å². The Morgan fingerprint density at radius 2 is 1.00 bits per heavy atom. The lowest BCUT2D eigenvalue weighted by Crippen LogP contribution is -2.06. The number of pyridine rings is 1. The molecule has 3 heterocycles. The van der Waals surface area contributed by atoms with E-state index in [1.165, 1.54) is 12.1 Å². The van der Waals surface area contributed by atoms with Crippen molar-refractivity contribution in [2.75, 3.05) is 0 Å². The average Bonchev–Trinajstić information content (AvgIpc) is 3.58. The normalized spacial score (nSPS) is 12.4. The van der Waals surface area contributed by atoms with Gasteiger partial charge in [0.2, 0.25) is 0 Å². The number of hydrogen-bond donors (Lipinski definition) is 0. The first-order valence-electron chi connectivity index (χ1n) is 15.6. The van der Waals surface area contributed by atoms with E-state index in [0.29, 0.717) is 28.1 Å². The van der Waals surface area contributed by atoms with Crippen molar-refractivity contribution in [1.29, 1.82) is 5.26 Å². The molecular formula is C40H24F6N4. The van der Waals surface area contributed by atoms with Crippen molar-refractivity contribution in [2.45, 2.75) is 26.2 Å². The van der Waals surface area contributed by atoms with Crippen LogP contribution >= 0.6 is 0 Å². The Bertz CT molecular complexity index is 2590. The molecule has 4 nitrogen and oxygen atoms in total. The third kappa shape index (κ3) is 4.88. The number of aryl methyl sites for hydroxylation is 2. The molecule has 246 valence electrons. The molecule has 0 aliphatic rings. The Balaban J connectivity index is 1.55. The van der Waals surface area contributed by atoms with E-state index >= 15 is 0 Å². The van der Waals surface area contributed by atoms with Gasteiger partial charge in [-0.1, -0.05) is 35.4 Å². The highest BCUT2D eigenvalue weighted by molar-refractivity contribution is 6.12. The molecule has 0 bridgehead atoms. The van der Waals surface area contributed by atoms with Crippen molar-refractivity contribution in [3.05, 3.63) is 137 Å². The lowest BCUT2D eigenvalue weighted by Gasteiger charge is -2.20. The van der Waals surface area contributed by atoms with E-state index in [0.717, 1.165) is 57.2 Å². The number of aromatic nitrogens is 3. The molecular weight excluding hydrogens is 650 g/mol. The van der Waals surface area contributed by atoms with Gasteiger partial charge in [-0.15, -0.1) is 0 Å². The zero-order chi connectivity index (χ0) is 35.1. The van der Waals surface area contributed by atoms with Gasteiger partial charge < -0.3 is 9.13 Å². The maximum atomic E-state index is 14.0. The first kappa shape index (κ1) is 31.2. The minimum absolute atomic E-state index is 0.00543. The van der Waals surface area contributed by atoms with Crippen molar-refractivity contribution in [3.8, 4) is 28.6 Å². The summed E-state index contributed by atoms with van der Waals surface area (Å²) >= 11 is 0. The number of nitriles is 1. The number of benzene rings is 5. The van der Waals surface area contributed by atoms with Crippen molar-refractivity contribution >= 4 is 43.6 Å². The molecule has 0 saturated carbocycles. The smallest absolute Gasteiger partial charge is 0.307 e. The predicted molar refractivity (Wildman–Crippen MR) is 183 cm³/mol. The summed E-state index contributed by atoms with van der Waals surface area (Å²) in [5, 5.41) is 11.9. The van der Waals surface area contributed by atoms with Crippen LogP contribution in [-0.2, 0) is 12.4 Å². The first-order chi connectivity index (χ1) is 23.8. The minimum Gasteiger partial charge on any atom is -0.307 e. The van der Waals surface area contributed by atoms with Crippen LogP contribution in [0.25, 0.3) is 66.1 Å². The fourth-order valence-corrected chi connectivity index (χ4v) is 6.96. The number of nitrogens with zero attached hydrogens (tertiary/aromatic N) is 4. The SMILES string of the molecule is Cc1ccc2c(c1)c1cc(C)ccc1n2-c1cncc(-n2c3ccc(C(F)(F)F)cc3c3cc(C(F)(F)F)ccc32)c1-c1cccc(C#N)c1. The predicted octanol–water partition coefficient (Wildman–Crippen LogP) is 11.5. The molecule has 50 heavy (non-hydrogen) atoms. The van der Waals surface area contributed by atoms with E-state index < -0.39 is 23.5 Å². The summed E-state index contributed by atoms with van der Waals surface area (Å²) in [6.07, 6.45) is -6.20. The van der Waals surface area contributed by atoms with Crippen molar-refractivity contribution < 1.29 is 26.3 Å². The molecule has 0 spiro atoms. The van der Waals surface area contributed by atoms with Gasteiger partial charge in [0.15, 0.2) is 0 Å². The van der Waals surface area contributed by atoms with E-state index in [4.69, 9.17) is 0 Å². The van der Waals surface area contributed by atoms with Crippen LogP contribution < -0.4 is 0 Å². The van der Waals surface area contributed by atoms with Gasteiger partial charge in [0, 0.05) is 27.1 Å². The summed E-state index contributed by atoms with van der Waals surface area (Å²) in [5.41, 5.74) is 5.02. The van der Waals surface area contributed by atoms with Gasteiger partial charge in [-0.05, 0) is 92.2 Å². The molecule has 0 atom stereocenters. The lowest BCUT2D eigenvalue weighted by molar-refractivity contribution is -0.138. The highest BCUT2D eigenvalue weighted by Gasteiger charge is 2.34. The Morgan fingerprint density at radius 1 is 0.560 bits per heavy atom. The van der Waals surface area contributed by atoms with Gasteiger partial charge in [0.25, 0.3) is 0 Å². The second-order valence-electron chi connectivity index (χ2n) is 12.4. The Labute approximate surface area is 281 Å². The highest BCUT2D eigenvalue weighted by atomic mass is 19.4. The molecule has 10 heteroatoms. The van der Waals surface area contributed by atoms with Gasteiger partial charge in [-0.3, -0.25) is 4.98 Å². The number of halogens is 6. The Hall–Kier alpha value is -6.08. The molecule has 5 aromatic carbocycles. The van der Waals surface area contributed by atoms with Crippen molar-refractivity contribution in [1.82, 2.24) is 14.1 Å². The van der Waals surface area contributed by atoms with Crippen LogP contribution in [-0.4, -0.2) is 14.1 Å². The van der Waals surface area contributed by atoms with Crippen molar-refractivity contribution in [2.24, 2.45) is 0 Å². The van der Waals surface area contributed by atoms with Crippen LogP contribution in [0.2, 0.25) is 0 Å². The molecule has 0 aliphatic carbocycles. The lowest BCUT2D eigenvalue weighted by atomic mass is 10.0. The molecule has 0 unspecified atom stereocenters. The third-order valence-electron chi connectivity index (χ3n) is 9.16. The number of fused-ring (bicyclic) bond motifs is 6. The summed E-state index contributed by atoms with van der Waals surface area (Å²) in [5.74, 6) is 0. The monoisotopic (exact) mass is 674 g/mol. The fourth-order valence-electron chi connectivity index (χ4n) is 6.96. The average molecular weight is 675 g/mol. The molecule has 3 aromatic heterocycles. The van der Waals surface area contributed by atoms with Gasteiger partial charge >= 0.3 is 12.4 Å². The Kier molecular flexibility index (Phi) is 6.85. The zero-order valence-corrected chi connectivity index (χ0v) is 26.4. The fraction of sp³-hybridized carbons (Fsp3) is 0.100. The van der Waals surface area contributed by atoms with E-state index in [1.807, 2.05) is 44.2 Å². The van der Waals surface area contributed by atoms with Crippen LogP contribution in [0.4, 0.5) is 26.3 Å². The van der Waals surface area contributed by atoms with E-state index in [2.05, 4.69) is 27.8 Å². The molecule has 0 saturated heterocycles.